The van der Waals surface area contributed by atoms with Gasteiger partial charge in [0.25, 0.3) is 8.32 Å². The first kappa shape index (κ1) is 16.5. The van der Waals surface area contributed by atoms with Crippen molar-refractivity contribution < 1.29 is 8.82 Å². The minimum atomic E-state index is -1.99. The van der Waals surface area contributed by atoms with Crippen LogP contribution < -0.4 is 4.43 Å². The summed E-state index contributed by atoms with van der Waals surface area (Å²) in [7, 11) is -1.99. The molecule has 0 saturated heterocycles. The third kappa shape index (κ3) is 3.32. The SMILES string of the molecule is CC(C)[Si](Oc1ccc(F)c(Cl)c1)(C(C)C)C(C)C. The Morgan fingerprint density at radius 2 is 1.47 bits per heavy atom. The summed E-state index contributed by atoms with van der Waals surface area (Å²) in [4.78, 5) is 0. The molecule has 0 aromatic heterocycles. The van der Waals surface area contributed by atoms with E-state index in [0.717, 1.165) is 0 Å². The summed E-state index contributed by atoms with van der Waals surface area (Å²) in [5.74, 6) is 0.286. The van der Waals surface area contributed by atoms with Crippen LogP contribution in [0.4, 0.5) is 4.39 Å². The highest BCUT2D eigenvalue weighted by Crippen LogP contribution is 2.43. The van der Waals surface area contributed by atoms with Crippen LogP contribution in [0.25, 0.3) is 0 Å². The van der Waals surface area contributed by atoms with Crippen LogP contribution in [0.5, 0.6) is 5.75 Å². The fourth-order valence-electron chi connectivity index (χ4n) is 3.10. The number of hydrogen-bond donors (Lipinski definition) is 0. The Morgan fingerprint density at radius 3 is 1.84 bits per heavy atom. The van der Waals surface area contributed by atoms with Crippen molar-refractivity contribution >= 4 is 19.9 Å². The zero-order valence-corrected chi connectivity index (χ0v) is 14.4. The van der Waals surface area contributed by atoms with Crippen LogP contribution in [-0.4, -0.2) is 8.32 Å². The summed E-state index contributed by atoms with van der Waals surface area (Å²) in [6.07, 6.45) is 0. The third-order valence-corrected chi connectivity index (χ3v) is 10.2. The van der Waals surface area contributed by atoms with Gasteiger partial charge in [-0.1, -0.05) is 53.1 Å². The van der Waals surface area contributed by atoms with Crippen molar-refractivity contribution in [1.82, 2.24) is 0 Å². The minimum absolute atomic E-state index is 0.122. The van der Waals surface area contributed by atoms with E-state index in [1.54, 1.807) is 12.1 Å². The Kier molecular flexibility index (Phi) is 5.45. The van der Waals surface area contributed by atoms with Gasteiger partial charge in [-0.3, -0.25) is 0 Å². The molecule has 0 radical (unpaired) electrons. The lowest BCUT2D eigenvalue weighted by Crippen LogP contribution is -2.50. The van der Waals surface area contributed by atoms with Gasteiger partial charge in [-0.2, -0.15) is 0 Å². The lowest BCUT2D eigenvalue weighted by atomic mass is 10.3. The predicted octanol–water partition coefficient (Wildman–Crippen LogP) is 6.03. The maximum atomic E-state index is 13.2. The molecule has 1 aromatic rings. The molecule has 0 aliphatic rings. The summed E-state index contributed by atoms with van der Waals surface area (Å²) in [5, 5.41) is 0.122. The highest BCUT2D eigenvalue weighted by molar-refractivity contribution is 6.78. The van der Waals surface area contributed by atoms with E-state index in [1.165, 1.54) is 6.07 Å². The molecule has 0 saturated carbocycles. The van der Waals surface area contributed by atoms with Gasteiger partial charge in [-0.25, -0.2) is 4.39 Å². The zero-order chi connectivity index (χ0) is 14.8. The lowest BCUT2D eigenvalue weighted by Gasteiger charge is -2.42. The Morgan fingerprint density at radius 1 is 1.00 bits per heavy atom. The van der Waals surface area contributed by atoms with Crippen LogP contribution in [0.1, 0.15) is 41.5 Å². The molecule has 0 bridgehead atoms. The standard InChI is InChI=1S/C15H24ClFOSi/c1-10(2)19(11(3)4,12(5)6)18-13-7-8-15(17)14(16)9-13/h7-12H,1-6H3. The molecular weight excluding hydrogens is 279 g/mol. The predicted molar refractivity (Wildman–Crippen MR) is 83.1 cm³/mol. The van der Waals surface area contributed by atoms with Gasteiger partial charge in [0.2, 0.25) is 0 Å². The summed E-state index contributed by atoms with van der Waals surface area (Å²) in [5.41, 5.74) is 1.45. The lowest BCUT2D eigenvalue weighted by molar-refractivity contribution is 0.478. The van der Waals surface area contributed by atoms with E-state index >= 15 is 0 Å². The molecule has 0 heterocycles. The summed E-state index contributed by atoms with van der Waals surface area (Å²) in [6, 6.07) is 4.64. The van der Waals surface area contributed by atoms with Gasteiger partial charge in [0.15, 0.2) is 0 Å². The van der Waals surface area contributed by atoms with Crippen molar-refractivity contribution in [1.29, 1.82) is 0 Å². The molecule has 1 aromatic carbocycles. The van der Waals surface area contributed by atoms with Crippen molar-refractivity contribution in [2.24, 2.45) is 0 Å². The van der Waals surface area contributed by atoms with E-state index in [0.29, 0.717) is 22.4 Å². The van der Waals surface area contributed by atoms with E-state index in [4.69, 9.17) is 16.0 Å². The molecular formula is C15H24ClFOSi. The van der Waals surface area contributed by atoms with Crippen molar-refractivity contribution in [3.05, 3.63) is 29.0 Å². The average Bonchev–Trinajstić information content (AvgIpc) is 2.29. The average molecular weight is 303 g/mol. The fourth-order valence-corrected chi connectivity index (χ4v) is 8.51. The Bertz CT molecular complexity index is 410. The molecule has 0 unspecified atom stereocenters. The normalized spacial score (nSPS) is 12.6. The van der Waals surface area contributed by atoms with Crippen LogP contribution in [0.2, 0.25) is 21.6 Å². The van der Waals surface area contributed by atoms with Gasteiger partial charge in [0.1, 0.15) is 11.6 Å². The maximum Gasteiger partial charge on any atom is 0.258 e. The molecule has 19 heavy (non-hydrogen) atoms. The van der Waals surface area contributed by atoms with Crippen molar-refractivity contribution in [2.75, 3.05) is 0 Å². The molecule has 1 rings (SSSR count). The molecule has 1 nitrogen and oxygen atoms in total. The van der Waals surface area contributed by atoms with Crippen LogP contribution in [-0.2, 0) is 0 Å². The third-order valence-electron chi connectivity index (χ3n) is 3.89. The van der Waals surface area contributed by atoms with Crippen molar-refractivity contribution in [2.45, 2.75) is 58.2 Å². The second-order valence-corrected chi connectivity index (χ2v) is 11.8. The largest absolute Gasteiger partial charge is 0.543 e. The number of hydrogen-bond acceptors (Lipinski definition) is 1. The Labute approximate surface area is 122 Å². The van der Waals surface area contributed by atoms with Gasteiger partial charge in [0, 0.05) is 6.07 Å². The van der Waals surface area contributed by atoms with Gasteiger partial charge < -0.3 is 4.43 Å². The molecule has 0 aliphatic carbocycles. The van der Waals surface area contributed by atoms with Crippen LogP contribution >= 0.6 is 11.6 Å². The first-order valence-corrected chi connectivity index (χ1v) is 9.37. The first-order valence-electron chi connectivity index (χ1n) is 6.85. The molecule has 0 amide bonds. The molecule has 0 N–H and O–H groups in total. The molecule has 0 spiro atoms. The Balaban J connectivity index is 3.17. The molecule has 0 atom stereocenters. The van der Waals surface area contributed by atoms with Gasteiger partial charge >= 0.3 is 0 Å². The van der Waals surface area contributed by atoms with Gasteiger partial charge in [-0.05, 0) is 28.8 Å². The molecule has 0 aliphatic heterocycles. The molecule has 0 fully saturated rings. The van der Waals surface area contributed by atoms with E-state index in [-0.39, 0.29) is 5.02 Å². The van der Waals surface area contributed by atoms with Gasteiger partial charge in [0.05, 0.1) is 5.02 Å². The Hall–Kier alpha value is -0.543. The number of halogens is 2. The number of benzene rings is 1. The maximum absolute atomic E-state index is 13.2. The van der Waals surface area contributed by atoms with Crippen LogP contribution in [0.3, 0.4) is 0 Å². The first-order chi connectivity index (χ1) is 8.71. The number of rotatable bonds is 5. The van der Waals surface area contributed by atoms with Crippen LogP contribution in [0, 0.1) is 5.82 Å². The molecule has 108 valence electrons. The summed E-state index contributed by atoms with van der Waals surface area (Å²) in [6.45, 7) is 13.3. The van der Waals surface area contributed by atoms with E-state index in [1.807, 2.05) is 0 Å². The fraction of sp³-hybridized carbons (Fsp3) is 0.600. The van der Waals surface area contributed by atoms with E-state index < -0.39 is 14.1 Å². The van der Waals surface area contributed by atoms with Gasteiger partial charge in [-0.15, -0.1) is 0 Å². The summed E-state index contributed by atoms with van der Waals surface area (Å²) < 4.78 is 19.6. The monoisotopic (exact) mass is 302 g/mol. The van der Waals surface area contributed by atoms with Crippen molar-refractivity contribution in [3.63, 3.8) is 0 Å². The van der Waals surface area contributed by atoms with E-state index in [9.17, 15) is 4.39 Å². The second kappa shape index (κ2) is 6.27. The van der Waals surface area contributed by atoms with E-state index in [2.05, 4.69) is 41.5 Å². The topological polar surface area (TPSA) is 9.23 Å². The quantitative estimate of drug-likeness (QED) is 0.603. The second-order valence-electron chi connectivity index (χ2n) is 6.00. The highest BCUT2D eigenvalue weighted by atomic mass is 35.5. The van der Waals surface area contributed by atoms with Crippen LogP contribution in [0.15, 0.2) is 18.2 Å². The minimum Gasteiger partial charge on any atom is -0.543 e. The summed E-state index contributed by atoms with van der Waals surface area (Å²) >= 11 is 5.84. The smallest absolute Gasteiger partial charge is 0.258 e. The van der Waals surface area contributed by atoms with Crippen molar-refractivity contribution in [3.8, 4) is 5.75 Å². The molecule has 4 heteroatoms. The highest BCUT2D eigenvalue weighted by Gasteiger charge is 2.46. The zero-order valence-electron chi connectivity index (χ0n) is 12.6.